The molecule has 2 aliphatic heterocycles. The second kappa shape index (κ2) is 6.57. The summed E-state index contributed by atoms with van der Waals surface area (Å²) in [6.45, 7) is 4.03. The van der Waals surface area contributed by atoms with E-state index in [2.05, 4.69) is 30.0 Å². The lowest BCUT2D eigenvalue weighted by Crippen LogP contribution is -2.43. The lowest BCUT2D eigenvalue weighted by Gasteiger charge is -2.31. The second-order valence-corrected chi connectivity index (χ2v) is 6.99. The number of carbonyl (C=O) groups is 1. The zero-order valence-electron chi connectivity index (χ0n) is 13.4. The largest absolute Gasteiger partial charge is 0.337 e. The molecule has 0 spiro atoms. The molecule has 0 radical (unpaired) electrons. The summed E-state index contributed by atoms with van der Waals surface area (Å²) in [5, 5.41) is 0.831. The maximum absolute atomic E-state index is 12.6. The molecule has 5 heteroatoms. The van der Waals surface area contributed by atoms with Crippen molar-refractivity contribution in [3.8, 4) is 0 Å². The molecule has 3 rings (SSSR count). The topological polar surface area (TPSA) is 26.8 Å². The highest BCUT2D eigenvalue weighted by atomic mass is 35.5. The van der Waals surface area contributed by atoms with Crippen LogP contribution in [0.4, 0.5) is 0 Å². The van der Waals surface area contributed by atoms with Crippen molar-refractivity contribution < 1.29 is 4.79 Å². The molecule has 1 fully saturated rings. The summed E-state index contributed by atoms with van der Waals surface area (Å²) in [5.41, 5.74) is 2.40. The molecule has 0 saturated carbocycles. The van der Waals surface area contributed by atoms with Crippen molar-refractivity contribution in [2.45, 2.75) is 25.4 Å². The third-order valence-electron chi connectivity index (χ3n) is 4.90. The lowest BCUT2D eigenvalue weighted by molar-refractivity contribution is -0.133. The van der Waals surface area contributed by atoms with Gasteiger partial charge in [-0.05, 0) is 44.1 Å². The van der Waals surface area contributed by atoms with Crippen LogP contribution in [-0.4, -0.2) is 66.9 Å². The monoisotopic (exact) mass is 321 g/mol. The molecule has 1 aromatic rings. The number of rotatable bonds is 3. The summed E-state index contributed by atoms with van der Waals surface area (Å²) in [6.07, 6.45) is 2.01. The molecule has 0 aliphatic carbocycles. The summed E-state index contributed by atoms with van der Waals surface area (Å²) in [7, 11) is 4.22. The Labute approximate surface area is 137 Å². The molecule has 120 valence electrons. The number of likely N-dealkylation sites (tertiary alicyclic amines) is 1. The van der Waals surface area contributed by atoms with E-state index in [-0.39, 0.29) is 5.91 Å². The molecule has 0 bridgehead atoms. The Balaban J connectivity index is 1.58. The Bertz CT molecular complexity index is 561. The molecule has 2 aliphatic rings. The molecule has 1 atom stereocenters. The van der Waals surface area contributed by atoms with Gasteiger partial charge in [0.05, 0.1) is 6.54 Å². The number of benzene rings is 1. The standard InChI is InChI=1S/C17H24ClN3O/c1-19(2)14-6-8-20(11-14)12-17(22)21-9-7-15-13(10-21)4-3-5-16(15)18/h3-5,14H,6-12H2,1-2H3/t14-/m1/s1. The van der Waals surface area contributed by atoms with Crippen LogP contribution in [0.15, 0.2) is 18.2 Å². The average molecular weight is 322 g/mol. The molecular weight excluding hydrogens is 298 g/mol. The van der Waals surface area contributed by atoms with Crippen LogP contribution in [0.25, 0.3) is 0 Å². The first kappa shape index (κ1) is 15.8. The molecule has 4 nitrogen and oxygen atoms in total. The lowest BCUT2D eigenvalue weighted by atomic mass is 10.00. The smallest absolute Gasteiger partial charge is 0.237 e. The number of carbonyl (C=O) groups excluding carboxylic acids is 1. The molecule has 0 aromatic heterocycles. The Kier molecular flexibility index (Phi) is 4.71. The van der Waals surface area contributed by atoms with E-state index in [0.717, 1.165) is 37.5 Å². The summed E-state index contributed by atoms with van der Waals surface area (Å²) < 4.78 is 0. The van der Waals surface area contributed by atoms with Gasteiger partial charge in [-0.3, -0.25) is 9.69 Å². The van der Waals surface area contributed by atoms with E-state index in [1.165, 1.54) is 11.1 Å². The van der Waals surface area contributed by atoms with Crippen molar-refractivity contribution in [2.24, 2.45) is 0 Å². The van der Waals surface area contributed by atoms with E-state index in [1.54, 1.807) is 0 Å². The number of amides is 1. The first-order valence-electron chi connectivity index (χ1n) is 7.97. The fourth-order valence-electron chi connectivity index (χ4n) is 3.44. The zero-order valence-corrected chi connectivity index (χ0v) is 14.1. The number of nitrogens with zero attached hydrogens (tertiary/aromatic N) is 3. The van der Waals surface area contributed by atoms with Crippen LogP contribution in [0.2, 0.25) is 5.02 Å². The van der Waals surface area contributed by atoms with Crippen molar-refractivity contribution in [1.82, 2.24) is 14.7 Å². The van der Waals surface area contributed by atoms with E-state index in [9.17, 15) is 4.79 Å². The number of likely N-dealkylation sites (N-methyl/N-ethyl adjacent to an activating group) is 1. The SMILES string of the molecule is CN(C)[C@@H]1CCN(CC(=O)N2CCc3c(Cl)cccc3C2)C1. The predicted molar refractivity (Wildman–Crippen MR) is 89.1 cm³/mol. The van der Waals surface area contributed by atoms with E-state index in [4.69, 9.17) is 11.6 Å². The van der Waals surface area contributed by atoms with E-state index >= 15 is 0 Å². The summed E-state index contributed by atoms with van der Waals surface area (Å²) in [6, 6.07) is 6.56. The van der Waals surface area contributed by atoms with Crippen molar-refractivity contribution in [2.75, 3.05) is 40.3 Å². The number of fused-ring (bicyclic) bond motifs is 1. The van der Waals surface area contributed by atoms with Crippen LogP contribution in [-0.2, 0) is 17.8 Å². The third kappa shape index (κ3) is 3.29. The molecule has 0 unspecified atom stereocenters. The van der Waals surface area contributed by atoms with Gasteiger partial charge in [0.25, 0.3) is 0 Å². The van der Waals surface area contributed by atoms with Gasteiger partial charge < -0.3 is 9.80 Å². The molecule has 1 saturated heterocycles. The molecule has 1 aromatic carbocycles. The minimum Gasteiger partial charge on any atom is -0.337 e. The Morgan fingerprint density at radius 1 is 1.36 bits per heavy atom. The van der Waals surface area contributed by atoms with Crippen molar-refractivity contribution in [1.29, 1.82) is 0 Å². The maximum atomic E-state index is 12.6. The Morgan fingerprint density at radius 2 is 2.18 bits per heavy atom. The van der Waals surface area contributed by atoms with Crippen LogP contribution < -0.4 is 0 Å². The van der Waals surface area contributed by atoms with Crippen LogP contribution in [0.1, 0.15) is 17.5 Å². The number of halogens is 1. The number of hydrogen-bond acceptors (Lipinski definition) is 3. The highest BCUT2D eigenvalue weighted by molar-refractivity contribution is 6.31. The van der Waals surface area contributed by atoms with Crippen LogP contribution in [0.3, 0.4) is 0 Å². The third-order valence-corrected chi connectivity index (χ3v) is 5.25. The van der Waals surface area contributed by atoms with Gasteiger partial charge in [-0.1, -0.05) is 23.7 Å². The fourth-order valence-corrected chi connectivity index (χ4v) is 3.73. The molecule has 22 heavy (non-hydrogen) atoms. The Hall–Kier alpha value is -1.10. The van der Waals surface area contributed by atoms with Gasteiger partial charge in [0.2, 0.25) is 5.91 Å². The van der Waals surface area contributed by atoms with Crippen LogP contribution >= 0.6 is 11.6 Å². The molecule has 1 amide bonds. The highest BCUT2D eigenvalue weighted by Gasteiger charge is 2.28. The normalized spacial score (nSPS) is 22.2. The summed E-state index contributed by atoms with van der Waals surface area (Å²) in [5.74, 6) is 0.241. The first-order valence-corrected chi connectivity index (χ1v) is 8.35. The van der Waals surface area contributed by atoms with Crippen molar-refractivity contribution in [3.63, 3.8) is 0 Å². The van der Waals surface area contributed by atoms with Crippen LogP contribution in [0, 0.1) is 0 Å². The van der Waals surface area contributed by atoms with E-state index in [1.807, 2.05) is 17.0 Å². The quantitative estimate of drug-likeness (QED) is 0.850. The van der Waals surface area contributed by atoms with E-state index in [0.29, 0.717) is 19.1 Å². The molecule has 0 N–H and O–H groups in total. The van der Waals surface area contributed by atoms with Gasteiger partial charge in [0.1, 0.15) is 0 Å². The minimum absolute atomic E-state index is 0.241. The highest BCUT2D eigenvalue weighted by Crippen LogP contribution is 2.26. The average Bonchev–Trinajstić information content (AvgIpc) is 2.96. The van der Waals surface area contributed by atoms with Crippen LogP contribution in [0.5, 0.6) is 0 Å². The maximum Gasteiger partial charge on any atom is 0.237 e. The second-order valence-electron chi connectivity index (χ2n) is 6.58. The van der Waals surface area contributed by atoms with Gasteiger partial charge in [-0.25, -0.2) is 0 Å². The molecular formula is C17H24ClN3O. The van der Waals surface area contributed by atoms with Gasteiger partial charge in [0.15, 0.2) is 0 Å². The van der Waals surface area contributed by atoms with Gasteiger partial charge in [-0.2, -0.15) is 0 Å². The minimum atomic E-state index is 0.241. The van der Waals surface area contributed by atoms with Crippen molar-refractivity contribution in [3.05, 3.63) is 34.3 Å². The molecule has 2 heterocycles. The van der Waals surface area contributed by atoms with E-state index < -0.39 is 0 Å². The fraction of sp³-hybridized carbons (Fsp3) is 0.588. The van der Waals surface area contributed by atoms with Crippen molar-refractivity contribution >= 4 is 17.5 Å². The van der Waals surface area contributed by atoms with Gasteiger partial charge in [0, 0.05) is 37.2 Å². The Morgan fingerprint density at radius 3 is 2.91 bits per heavy atom. The summed E-state index contributed by atoms with van der Waals surface area (Å²) in [4.78, 5) is 19.1. The summed E-state index contributed by atoms with van der Waals surface area (Å²) >= 11 is 6.24. The first-order chi connectivity index (χ1) is 10.5. The van der Waals surface area contributed by atoms with Gasteiger partial charge >= 0.3 is 0 Å². The predicted octanol–water partition coefficient (Wildman–Crippen LogP) is 1.86. The zero-order chi connectivity index (χ0) is 15.7. The number of hydrogen-bond donors (Lipinski definition) is 0. The van der Waals surface area contributed by atoms with Gasteiger partial charge in [-0.15, -0.1) is 0 Å².